The summed E-state index contributed by atoms with van der Waals surface area (Å²) >= 11 is 1.76. The first-order valence-corrected chi connectivity index (χ1v) is 9.52. The van der Waals surface area contributed by atoms with Gasteiger partial charge in [0.05, 0.1) is 0 Å². The average Bonchev–Trinajstić information content (AvgIpc) is 2.64. The summed E-state index contributed by atoms with van der Waals surface area (Å²) in [6.45, 7) is 4.61. The molecule has 0 saturated carbocycles. The van der Waals surface area contributed by atoms with Gasteiger partial charge in [-0.05, 0) is 17.7 Å². The number of carbonyl (C=O) groups is 1. The Morgan fingerprint density at radius 3 is 2.17 bits per heavy atom. The quantitative estimate of drug-likeness (QED) is 0.752. The molecule has 2 aromatic rings. The molecule has 1 aliphatic rings. The van der Waals surface area contributed by atoms with Crippen LogP contribution in [0.4, 0.5) is 0 Å². The molecule has 3 nitrogen and oxygen atoms in total. The van der Waals surface area contributed by atoms with E-state index in [1.54, 1.807) is 11.8 Å². The summed E-state index contributed by atoms with van der Waals surface area (Å²) in [5, 5.41) is 0. The Kier molecular flexibility index (Phi) is 6.33. The summed E-state index contributed by atoms with van der Waals surface area (Å²) in [5.41, 5.74) is 1.34. The van der Waals surface area contributed by atoms with E-state index in [0.717, 1.165) is 38.5 Å². The van der Waals surface area contributed by atoms with Crippen molar-refractivity contribution in [2.45, 2.75) is 17.9 Å². The minimum atomic E-state index is 0.290. The van der Waals surface area contributed by atoms with E-state index in [1.165, 1.54) is 10.5 Å². The normalized spacial score (nSPS) is 15.4. The molecule has 0 N–H and O–H groups in total. The molecule has 2 aromatic carbocycles. The van der Waals surface area contributed by atoms with E-state index in [9.17, 15) is 4.79 Å². The van der Waals surface area contributed by atoms with E-state index >= 15 is 0 Å². The first-order chi connectivity index (χ1) is 11.8. The minimum absolute atomic E-state index is 0.290. The number of rotatable bonds is 6. The molecule has 0 aliphatic carbocycles. The summed E-state index contributed by atoms with van der Waals surface area (Å²) in [6, 6.07) is 20.8. The third-order valence-electron chi connectivity index (χ3n) is 4.30. The zero-order valence-electron chi connectivity index (χ0n) is 13.9. The molecule has 1 fully saturated rings. The van der Waals surface area contributed by atoms with E-state index in [2.05, 4.69) is 41.3 Å². The highest BCUT2D eigenvalue weighted by molar-refractivity contribution is 7.99. The van der Waals surface area contributed by atoms with Crippen molar-refractivity contribution in [3.05, 3.63) is 66.2 Å². The van der Waals surface area contributed by atoms with E-state index in [1.807, 2.05) is 29.2 Å². The fraction of sp³-hybridized carbons (Fsp3) is 0.350. The van der Waals surface area contributed by atoms with E-state index in [4.69, 9.17) is 0 Å². The highest BCUT2D eigenvalue weighted by atomic mass is 32.2. The first kappa shape index (κ1) is 17.1. The molecule has 0 atom stereocenters. The summed E-state index contributed by atoms with van der Waals surface area (Å²) in [7, 11) is 0. The smallest absolute Gasteiger partial charge is 0.223 e. The first-order valence-electron chi connectivity index (χ1n) is 8.53. The number of hydrogen-bond acceptors (Lipinski definition) is 3. The van der Waals surface area contributed by atoms with Crippen molar-refractivity contribution in [2.24, 2.45) is 0 Å². The SMILES string of the molecule is O=C(CCSc1ccccc1)N1CCN(Cc2ccccc2)CC1. The largest absolute Gasteiger partial charge is 0.340 e. The fourth-order valence-corrected chi connectivity index (χ4v) is 3.79. The molecular weight excluding hydrogens is 316 g/mol. The number of thioether (sulfide) groups is 1. The lowest BCUT2D eigenvalue weighted by atomic mass is 10.2. The number of piperazine rings is 1. The third-order valence-corrected chi connectivity index (χ3v) is 5.32. The minimum Gasteiger partial charge on any atom is -0.340 e. The average molecular weight is 340 g/mol. The summed E-state index contributed by atoms with van der Waals surface area (Å²) in [6.07, 6.45) is 0.623. The van der Waals surface area contributed by atoms with E-state index in [-0.39, 0.29) is 5.91 Å². The molecule has 4 heteroatoms. The lowest BCUT2D eigenvalue weighted by Crippen LogP contribution is -2.48. The second-order valence-electron chi connectivity index (χ2n) is 6.05. The van der Waals surface area contributed by atoms with Crippen LogP contribution in [0.15, 0.2) is 65.6 Å². The van der Waals surface area contributed by atoms with Gasteiger partial charge in [-0.2, -0.15) is 0 Å². The standard InChI is InChI=1S/C20H24N2OS/c23-20(11-16-24-19-9-5-2-6-10-19)22-14-12-21(13-15-22)17-18-7-3-1-4-8-18/h1-10H,11-17H2. The summed E-state index contributed by atoms with van der Waals surface area (Å²) in [4.78, 5) is 18.0. The van der Waals surface area contributed by atoms with Gasteiger partial charge in [0.15, 0.2) is 0 Å². The molecule has 0 radical (unpaired) electrons. The van der Waals surface area contributed by atoms with Gasteiger partial charge >= 0.3 is 0 Å². The van der Waals surface area contributed by atoms with Crippen LogP contribution >= 0.6 is 11.8 Å². The molecular formula is C20H24N2OS. The van der Waals surface area contributed by atoms with Crippen molar-refractivity contribution >= 4 is 17.7 Å². The number of carbonyl (C=O) groups excluding carboxylic acids is 1. The molecule has 126 valence electrons. The van der Waals surface area contributed by atoms with E-state index in [0.29, 0.717) is 6.42 Å². The maximum absolute atomic E-state index is 12.3. The molecule has 3 rings (SSSR count). The van der Waals surface area contributed by atoms with Gasteiger partial charge in [0.1, 0.15) is 0 Å². The van der Waals surface area contributed by atoms with Crippen molar-refractivity contribution < 1.29 is 4.79 Å². The van der Waals surface area contributed by atoms with E-state index < -0.39 is 0 Å². The van der Waals surface area contributed by atoms with Crippen LogP contribution in [0.5, 0.6) is 0 Å². The third kappa shape index (κ3) is 5.11. The number of hydrogen-bond donors (Lipinski definition) is 0. The number of benzene rings is 2. The van der Waals surface area contributed by atoms with Crippen molar-refractivity contribution in [2.75, 3.05) is 31.9 Å². The zero-order valence-corrected chi connectivity index (χ0v) is 14.8. The maximum Gasteiger partial charge on any atom is 0.223 e. The molecule has 1 saturated heterocycles. The lowest BCUT2D eigenvalue weighted by Gasteiger charge is -2.34. The topological polar surface area (TPSA) is 23.6 Å². The van der Waals surface area contributed by atoms with Crippen molar-refractivity contribution in [1.82, 2.24) is 9.80 Å². The Bertz CT molecular complexity index is 625. The van der Waals surface area contributed by atoms with Crippen LogP contribution in [0.25, 0.3) is 0 Å². The molecule has 1 aliphatic heterocycles. The molecule has 1 heterocycles. The van der Waals surface area contributed by atoms with Gasteiger partial charge in [-0.25, -0.2) is 0 Å². The molecule has 0 aromatic heterocycles. The van der Waals surface area contributed by atoms with Gasteiger partial charge < -0.3 is 4.90 Å². The lowest BCUT2D eigenvalue weighted by molar-refractivity contribution is -0.132. The fourth-order valence-electron chi connectivity index (χ4n) is 2.93. The zero-order chi connectivity index (χ0) is 16.6. The second-order valence-corrected chi connectivity index (χ2v) is 7.22. The predicted molar refractivity (Wildman–Crippen MR) is 100 cm³/mol. The Morgan fingerprint density at radius 1 is 0.875 bits per heavy atom. The van der Waals surface area contributed by atoms with Crippen molar-refractivity contribution in [1.29, 1.82) is 0 Å². The van der Waals surface area contributed by atoms with Crippen molar-refractivity contribution in [3.63, 3.8) is 0 Å². The van der Waals surface area contributed by atoms with Crippen LogP contribution < -0.4 is 0 Å². The summed E-state index contributed by atoms with van der Waals surface area (Å²) in [5.74, 6) is 1.14. The predicted octanol–water partition coefficient (Wildman–Crippen LogP) is 3.51. The van der Waals surface area contributed by atoms with Crippen LogP contribution in [0.1, 0.15) is 12.0 Å². The molecule has 0 bridgehead atoms. The van der Waals surface area contributed by atoms with Crippen LogP contribution in [0, 0.1) is 0 Å². The Hall–Kier alpha value is -1.78. The highest BCUT2D eigenvalue weighted by Crippen LogP contribution is 2.18. The molecule has 0 unspecified atom stereocenters. The second kappa shape index (κ2) is 8.90. The Labute approximate surface area is 148 Å². The van der Waals surface area contributed by atoms with Crippen LogP contribution in [0.2, 0.25) is 0 Å². The molecule has 24 heavy (non-hydrogen) atoms. The van der Waals surface area contributed by atoms with Gasteiger partial charge in [-0.1, -0.05) is 48.5 Å². The van der Waals surface area contributed by atoms with Gasteiger partial charge in [0.25, 0.3) is 0 Å². The Morgan fingerprint density at radius 2 is 1.50 bits per heavy atom. The van der Waals surface area contributed by atoms with Crippen molar-refractivity contribution in [3.8, 4) is 0 Å². The van der Waals surface area contributed by atoms with Gasteiger partial charge in [0, 0.05) is 49.8 Å². The molecule has 0 spiro atoms. The maximum atomic E-state index is 12.3. The van der Waals surface area contributed by atoms with Gasteiger partial charge in [-0.15, -0.1) is 11.8 Å². The number of nitrogens with zero attached hydrogens (tertiary/aromatic N) is 2. The number of amides is 1. The Balaban J connectivity index is 1.37. The van der Waals surface area contributed by atoms with Crippen LogP contribution in [0.3, 0.4) is 0 Å². The van der Waals surface area contributed by atoms with Gasteiger partial charge in [-0.3, -0.25) is 9.69 Å². The molecule has 1 amide bonds. The van der Waals surface area contributed by atoms with Gasteiger partial charge in [0.2, 0.25) is 5.91 Å². The monoisotopic (exact) mass is 340 g/mol. The van der Waals surface area contributed by atoms with Crippen LogP contribution in [-0.4, -0.2) is 47.6 Å². The highest BCUT2D eigenvalue weighted by Gasteiger charge is 2.20. The summed E-state index contributed by atoms with van der Waals surface area (Å²) < 4.78 is 0. The van der Waals surface area contributed by atoms with Crippen LogP contribution in [-0.2, 0) is 11.3 Å².